The molecule has 1 aliphatic carbocycles. The molecule has 1 atom stereocenters. The van der Waals surface area contributed by atoms with Gasteiger partial charge in [0.15, 0.2) is 0 Å². The number of carbonyl (C=O) groups excluding carboxylic acids is 1. The highest BCUT2D eigenvalue weighted by Crippen LogP contribution is 2.29. The van der Waals surface area contributed by atoms with Gasteiger partial charge in [-0.3, -0.25) is 4.90 Å². The molecular weight excluding hydrogens is 292 g/mol. The van der Waals surface area contributed by atoms with E-state index in [2.05, 4.69) is 4.90 Å². The van der Waals surface area contributed by atoms with Crippen LogP contribution in [0, 0.1) is 0 Å². The lowest BCUT2D eigenvalue weighted by molar-refractivity contribution is 0.0795. The Balaban J connectivity index is 1.54. The molecule has 1 saturated carbocycles. The predicted molar refractivity (Wildman–Crippen MR) is 88.0 cm³/mol. The van der Waals surface area contributed by atoms with Gasteiger partial charge in [0, 0.05) is 25.2 Å². The van der Waals surface area contributed by atoms with Crippen LogP contribution in [0.3, 0.4) is 0 Å². The lowest BCUT2D eigenvalue weighted by atomic mass is 10.2. The highest BCUT2D eigenvalue weighted by molar-refractivity contribution is 5.68. The minimum absolute atomic E-state index is 0.179. The smallest absolute Gasteiger partial charge is 0.410 e. The molecular formula is C18H26N2O3. The number of aliphatic hydroxyl groups excluding tert-OH is 1. The van der Waals surface area contributed by atoms with Crippen LogP contribution in [0.15, 0.2) is 30.3 Å². The van der Waals surface area contributed by atoms with Gasteiger partial charge >= 0.3 is 6.09 Å². The van der Waals surface area contributed by atoms with E-state index in [0.29, 0.717) is 25.2 Å². The largest absolute Gasteiger partial charge is 0.445 e. The molecule has 1 aliphatic heterocycles. The molecule has 0 spiro atoms. The number of carbonyl (C=O) groups is 1. The first-order chi connectivity index (χ1) is 11.3. The van der Waals surface area contributed by atoms with Crippen molar-refractivity contribution in [3.8, 4) is 0 Å². The van der Waals surface area contributed by atoms with Gasteiger partial charge in [-0.05, 0) is 37.8 Å². The first-order valence-electron chi connectivity index (χ1n) is 8.60. The maximum atomic E-state index is 12.5. The number of hydrogen-bond donors (Lipinski definition) is 1. The third-order valence-corrected chi connectivity index (χ3v) is 4.72. The molecule has 5 nitrogen and oxygen atoms in total. The molecule has 0 unspecified atom stereocenters. The van der Waals surface area contributed by atoms with Crippen LogP contribution in [0.5, 0.6) is 0 Å². The third-order valence-electron chi connectivity index (χ3n) is 4.72. The van der Waals surface area contributed by atoms with Gasteiger partial charge in [-0.1, -0.05) is 30.3 Å². The first-order valence-corrected chi connectivity index (χ1v) is 8.60. The Morgan fingerprint density at radius 2 is 2.04 bits per heavy atom. The van der Waals surface area contributed by atoms with E-state index in [1.165, 1.54) is 0 Å². The number of ether oxygens (including phenoxy) is 1. The summed E-state index contributed by atoms with van der Waals surface area (Å²) in [7, 11) is 0. The summed E-state index contributed by atoms with van der Waals surface area (Å²) in [6.45, 7) is 2.94. The number of rotatable bonds is 7. The van der Waals surface area contributed by atoms with Gasteiger partial charge < -0.3 is 14.7 Å². The summed E-state index contributed by atoms with van der Waals surface area (Å²) in [5.41, 5.74) is 1.01. The zero-order valence-electron chi connectivity index (χ0n) is 13.6. The van der Waals surface area contributed by atoms with Gasteiger partial charge in [-0.2, -0.15) is 0 Å². The van der Waals surface area contributed by atoms with Crippen molar-refractivity contribution in [2.24, 2.45) is 0 Å². The van der Waals surface area contributed by atoms with Crippen LogP contribution in [0.1, 0.15) is 31.2 Å². The molecule has 1 N–H and O–H groups in total. The van der Waals surface area contributed by atoms with E-state index in [9.17, 15) is 9.90 Å². The second-order valence-corrected chi connectivity index (χ2v) is 6.48. The lowest BCUT2D eigenvalue weighted by Crippen LogP contribution is -2.45. The number of nitrogens with zero attached hydrogens (tertiary/aromatic N) is 2. The molecule has 2 aliphatic rings. The fraction of sp³-hybridized carbons (Fsp3) is 0.611. The van der Waals surface area contributed by atoms with Crippen LogP contribution in [-0.2, 0) is 11.3 Å². The van der Waals surface area contributed by atoms with Crippen molar-refractivity contribution in [1.82, 2.24) is 9.80 Å². The number of benzene rings is 1. The molecule has 23 heavy (non-hydrogen) atoms. The molecule has 0 bridgehead atoms. The second-order valence-electron chi connectivity index (χ2n) is 6.48. The molecule has 0 radical (unpaired) electrons. The average molecular weight is 318 g/mol. The van der Waals surface area contributed by atoms with Crippen LogP contribution in [0.25, 0.3) is 0 Å². The highest BCUT2D eigenvalue weighted by Gasteiger charge is 2.37. The van der Waals surface area contributed by atoms with E-state index in [4.69, 9.17) is 4.74 Å². The lowest BCUT2D eigenvalue weighted by Gasteiger charge is -2.30. The molecule has 1 aromatic carbocycles. The molecule has 1 heterocycles. The van der Waals surface area contributed by atoms with Crippen LogP contribution < -0.4 is 0 Å². The first kappa shape index (κ1) is 16.3. The Morgan fingerprint density at radius 3 is 2.74 bits per heavy atom. The Morgan fingerprint density at radius 1 is 1.26 bits per heavy atom. The standard InChI is InChI=1S/C18H26N2O3/c21-12-11-19-10-4-7-17(19)13-20(16-8-9-16)18(22)23-14-15-5-2-1-3-6-15/h1-3,5-6,16-17,21H,4,7-14H2/t17-/m1/s1. The molecule has 126 valence electrons. The topological polar surface area (TPSA) is 53.0 Å². The molecule has 1 amide bonds. The van der Waals surface area contributed by atoms with Crippen molar-refractivity contribution in [3.63, 3.8) is 0 Å². The molecule has 0 aromatic heterocycles. The Kier molecular flexibility index (Phi) is 5.51. The van der Waals surface area contributed by atoms with Crippen molar-refractivity contribution >= 4 is 6.09 Å². The van der Waals surface area contributed by atoms with Gasteiger partial charge in [-0.25, -0.2) is 4.79 Å². The summed E-state index contributed by atoms with van der Waals surface area (Å²) in [4.78, 5) is 16.7. The summed E-state index contributed by atoms with van der Waals surface area (Å²) in [6.07, 6.45) is 4.18. The molecule has 5 heteroatoms. The fourth-order valence-corrected chi connectivity index (χ4v) is 3.31. The Bertz CT molecular complexity index is 504. The van der Waals surface area contributed by atoms with Crippen LogP contribution in [0.2, 0.25) is 0 Å². The van der Waals surface area contributed by atoms with Gasteiger partial charge in [0.2, 0.25) is 0 Å². The van der Waals surface area contributed by atoms with Gasteiger partial charge in [0.1, 0.15) is 6.61 Å². The van der Waals surface area contributed by atoms with Crippen molar-refractivity contribution in [2.75, 3.05) is 26.2 Å². The van der Waals surface area contributed by atoms with Gasteiger partial charge in [-0.15, -0.1) is 0 Å². The maximum Gasteiger partial charge on any atom is 0.410 e. The summed E-state index contributed by atoms with van der Waals surface area (Å²) in [5, 5.41) is 9.17. The van der Waals surface area contributed by atoms with E-state index < -0.39 is 0 Å². The normalized spacial score (nSPS) is 21.3. The molecule has 2 fully saturated rings. The second kappa shape index (κ2) is 7.79. The summed E-state index contributed by atoms with van der Waals surface area (Å²) in [6, 6.07) is 10.5. The monoisotopic (exact) mass is 318 g/mol. The van der Waals surface area contributed by atoms with Crippen molar-refractivity contribution in [3.05, 3.63) is 35.9 Å². The van der Waals surface area contributed by atoms with Gasteiger partial charge in [0.05, 0.1) is 6.61 Å². The van der Waals surface area contributed by atoms with Crippen molar-refractivity contribution in [2.45, 2.75) is 44.4 Å². The predicted octanol–water partition coefficient (Wildman–Crippen LogP) is 2.24. The molecule has 1 aromatic rings. The maximum absolute atomic E-state index is 12.5. The SMILES string of the molecule is O=C(OCc1ccccc1)N(C[C@H]1CCCN1CCO)C1CC1. The van der Waals surface area contributed by atoms with Crippen molar-refractivity contribution in [1.29, 1.82) is 0 Å². The van der Waals surface area contributed by atoms with Crippen LogP contribution >= 0.6 is 0 Å². The number of aliphatic hydroxyl groups is 1. The van der Waals surface area contributed by atoms with Crippen molar-refractivity contribution < 1.29 is 14.6 Å². The van der Waals surface area contributed by atoms with E-state index >= 15 is 0 Å². The van der Waals surface area contributed by atoms with Crippen LogP contribution in [-0.4, -0.2) is 59.3 Å². The Hall–Kier alpha value is -1.59. The van der Waals surface area contributed by atoms with E-state index in [0.717, 1.165) is 44.3 Å². The van der Waals surface area contributed by atoms with Crippen LogP contribution in [0.4, 0.5) is 4.79 Å². The molecule has 3 rings (SSSR count). The van der Waals surface area contributed by atoms with Gasteiger partial charge in [0.25, 0.3) is 0 Å². The summed E-state index contributed by atoms with van der Waals surface area (Å²) in [5.74, 6) is 0. The zero-order valence-corrected chi connectivity index (χ0v) is 13.6. The van der Waals surface area contributed by atoms with E-state index in [1.54, 1.807) is 0 Å². The molecule has 1 saturated heterocycles. The quantitative estimate of drug-likeness (QED) is 0.838. The highest BCUT2D eigenvalue weighted by atomic mass is 16.6. The van der Waals surface area contributed by atoms with E-state index in [1.807, 2.05) is 35.2 Å². The fourth-order valence-electron chi connectivity index (χ4n) is 3.31. The third kappa shape index (κ3) is 4.45. The number of β-amino-alcohol motifs (C(OH)–C–C–N with tert-alkyl or cyclic N) is 1. The van der Waals surface area contributed by atoms with E-state index in [-0.39, 0.29) is 12.7 Å². The zero-order chi connectivity index (χ0) is 16.1. The number of hydrogen-bond acceptors (Lipinski definition) is 4. The Labute approximate surface area is 137 Å². The number of amides is 1. The summed E-state index contributed by atoms with van der Waals surface area (Å²) < 4.78 is 5.52. The number of likely N-dealkylation sites (tertiary alicyclic amines) is 1. The summed E-state index contributed by atoms with van der Waals surface area (Å²) >= 11 is 0. The minimum Gasteiger partial charge on any atom is -0.445 e. The minimum atomic E-state index is -0.202. The average Bonchev–Trinajstić information content (AvgIpc) is 3.33.